The van der Waals surface area contributed by atoms with Crippen molar-refractivity contribution in [1.82, 2.24) is 45.6 Å². The van der Waals surface area contributed by atoms with Crippen molar-refractivity contribution in [3.05, 3.63) is 0 Å². The number of hydrogen-bond donors (Lipinski definition) is 5. The molecule has 8 fully saturated rings. The number of piperidine rings is 2. The van der Waals surface area contributed by atoms with Crippen molar-refractivity contribution in [2.75, 3.05) is 71.5 Å². The van der Waals surface area contributed by atoms with Crippen LogP contribution in [0.3, 0.4) is 0 Å². The molecule has 21 heteroatoms. The van der Waals surface area contributed by atoms with E-state index in [4.69, 9.17) is 4.74 Å². The largest absolute Gasteiger partial charge is 0.378 e. The molecule has 11 atom stereocenters. The van der Waals surface area contributed by atoms with Crippen molar-refractivity contribution < 1.29 is 46.7 Å². The van der Waals surface area contributed by atoms with Gasteiger partial charge in [-0.1, -0.05) is 12.8 Å². The van der Waals surface area contributed by atoms with E-state index in [1.54, 1.807) is 11.8 Å². The smallest absolute Gasteiger partial charge is 0.249 e. The van der Waals surface area contributed by atoms with Crippen LogP contribution < -0.4 is 26.6 Å². The lowest BCUT2D eigenvalue weighted by Crippen LogP contribution is -2.57. The molecule has 11 unspecified atom stereocenters. The zero-order chi connectivity index (χ0) is 44.6. The molecule has 350 valence electrons. The van der Waals surface area contributed by atoms with Crippen LogP contribution in [0.5, 0.6) is 0 Å². The maximum atomic E-state index is 13.4. The first-order valence-electron chi connectivity index (χ1n) is 23.0. The third-order valence-electron chi connectivity index (χ3n) is 15.2. The summed E-state index contributed by atoms with van der Waals surface area (Å²) in [6.07, 6.45) is 10.1. The van der Waals surface area contributed by atoms with Crippen LogP contribution in [-0.2, 0) is 48.3 Å². The molecule has 6 saturated heterocycles. The van der Waals surface area contributed by atoms with E-state index in [0.717, 1.165) is 49.1 Å². The fourth-order valence-corrected chi connectivity index (χ4v) is 13.6. The Bertz CT molecular complexity index is 1900. The van der Waals surface area contributed by atoms with Crippen LogP contribution in [-0.4, -0.2) is 170 Å². The first-order valence-corrected chi connectivity index (χ1v) is 25.9. The number of likely N-dealkylation sites (N-methyl/N-ethyl adjacent to an activating group) is 1. The highest BCUT2D eigenvalue weighted by atomic mass is 32.2. The molecule has 0 spiro atoms. The Balaban J connectivity index is 0.711. The molecule has 7 amide bonds. The van der Waals surface area contributed by atoms with Gasteiger partial charge in [0.15, 0.2) is 0 Å². The lowest BCUT2D eigenvalue weighted by atomic mass is 9.70. The van der Waals surface area contributed by atoms with Crippen molar-refractivity contribution in [1.29, 1.82) is 0 Å². The van der Waals surface area contributed by atoms with Gasteiger partial charge in [-0.05, 0) is 89.1 Å². The summed E-state index contributed by atoms with van der Waals surface area (Å²) in [5, 5.41) is 15.2. The van der Waals surface area contributed by atoms with Gasteiger partial charge in [-0.25, -0.2) is 12.7 Å². The number of nitrogens with zero attached hydrogens (tertiary/aromatic N) is 4. The SMILES string of the molecule is CN(CC(=O)N1CC(COC2CCC3C(=O)N(C4CCC(=O)NC4=O)C(=O)C3C2)C1)C1CC(C2CCCC(C3CSC(NC(=O)CNC(=O)C4CCN(S(C)(=O)=O)C4)N3)C2)CCN1. The van der Waals surface area contributed by atoms with E-state index in [0.29, 0.717) is 76.2 Å². The number of amides is 7. The molecule has 0 bridgehead atoms. The minimum atomic E-state index is -3.34. The van der Waals surface area contributed by atoms with Gasteiger partial charge in [0.2, 0.25) is 51.4 Å². The van der Waals surface area contributed by atoms with Crippen LogP contribution in [0.1, 0.15) is 77.0 Å². The molecule has 6 aliphatic heterocycles. The molecule has 0 aromatic rings. The van der Waals surface area contributed by atoms with Crippen molar-refractivity contribution in [3.63, 3.8) is 0 Å². The van der Waals surface area contributed by atoms with E-state index in [2.05, 4.69) is 31.5 Å². The van der Waals surface area contributed by atoms with E-state index in [-0.39, 0.29) is 91.1 Å². The second-order valence-corrected chi connectivity index (χ2v) is 22.5. The summed E-state index contributed by atoms with van der Waals surface area (Å²) in [7, 11) is -1.32. The van der Waals surface area contributed by atoms with E-state index in [1.165, 1.54) is 17.1 Å². The maximum Gasteiger partial charge on any atom is 0.249 e. The number of ether oxygens (including phenoxy) is 1. The lowest BCUT2D eigenvalue weighted by Gasteiger charge is -2.44. The third kappa shape index (κ3) is 10.8. The van der Waals surface area contributed by atoms with E-state index < -0.39 is 39.7 Å². The van der Waals surface area contributed by atoms with Gasteiger partial charge in [-0.15, -0.1) is 11.8 Å². The number of sulfonamides is 1. The fourth-order valence-electron chi connectivity index (χ4n) is 11.5. The molecule has 19 nitrogen and oxygen atoms in total. The van der Waals surface area contributed by atoms with Crippen molar-refractivity contribution >= 4 is 63.1 Å². The van der Waals surface area contributed by atoms with Crippen molar-refractivity contribution in [2.24, 2.45) is 41.4 Å². The highest BCUT2D eigenvalue weighted by Crippen LogP contribution is 2.43. The van der Waals surface area contributed by atoms with Gasteiger partial charge in [-0.3, -0.25) is 54.0 Å². The Morgan fingerprint density at radius 1 is 0.905 bits per heavy atom. The number of rotatable bonds is 14. The average Bonchev–Trinajstić information content (AvgIpc) is 3.99. The zero-order valence-corrected chi connectivity index (χ0v) is 38.1. The molecule has 63 heavy (non-hydrogen) atoms. The van der Waals surface area contributed by atoms with E-state index >= 15 is 0 Å². The van der Waals surface area contributed by atoms with Gasteiger partial charge in [0.1, 0.15) is 11.5 Å². The zero-order valence-electron chi connectivity index (χ0n) is 36.5. The summed E-state index contributed by atoms with van der Waals surface area (Å²) in [6.45, 7) is 3.28. The second kappa shape index (κ2) is 19.7. The monoisotopic (exact) mass is 919 g/mol. The van der Waals surface area contributed by atoms with Gasteiger partial charge in [0.05, 0.1) is 56.0 Å². The highest BCUT2D eigenvalue weighted by molar-refractivity contribution is 8.00. The van der Waals surface area contributed by atoms with Crippen LogP contribution in [0.4, 0.5) is 0 Å². The number of nitrogens with one attached hydrogen (secondary N) is 5. The Labute approximate surface area is 374 Å². The summed E-state index contributed by atoms with van der Waals surface area (Å²) in [6, 6.07) is -0.638. The summed E-state index contributed by atoms with van der Waals surface area (Å²) < 4.78 is 31.2. The Morgan fingerprint density at radius 2 is 1.67 bits per heavy atom. The first kappa shape index (κ1) is 46.3. The molecule has 8 aliphatic rings. The number of thioether (sulfide) groups is 1. The van der Waals surface area contributed by atoms with Gasteiger partial charge >= 0.3 is 0 Å². The number of fused-ring (bicyclic) bond motifs is 1. The molecule has 0 aromatic heterocycles. The Hall–Kier alpha value is -3.21. The lowest BCUT2D eigenvalue weighted by molar-refractivity contribution is -0.151. The Morgan fingerprint density at radius 3 is 2.43 bits per heavy atom. The van der Waals surface area contributed by atoms with Gasteiger partial charge in [0, 0.05) is 50.3 Å². The van der Waals surface area contributed by atoms with Crippen LogP contribution >= 0.6 is 11.8 Å². The van der Waals surface area contributed by atoms with Gasteiger partial charge < -0.3 is 25.6 Å². The number of hydrogen-bond acceptors (Lipinski definition) is 14. The molecule has 0 aromatic carbocycles. The van der Waals surface area contributed by atoms with E-state index in [9.17, 15) is 42.0 Å². The first-order chi connectivity index (χ1) is 30.1. The molecular formula is C42H65N9O10S2. The maximum absolute atomic E-state index is 13.4. The molecule has 0 radical (unpaired) electrons. The second-order valence-electron chi connectivity index (χ2n) is 19.4. The fraction of sp³-hybridized carbons (Fsp3) is 0.833. The van der Waals surface area contributed by atoms with E-state index in [1.807, 2.05) is 11.9 Å². The van der Waals surface area contributed by atoms with Crippen LogP contribution in [0.15, 0.2) is 0 Å². The predicted octanol–water partition coefficient (Wildman–Crippen LogP) is -1.01. The quantitative estimate of drug-likeness (QED) is 0.131. The summed E-state index contributed by atoms with van der Waals surface area (Å²) in [5.41, 5.74) is -0.228. The molecular weight excluding hydrogens is 855 g/mol. The third-order valence-corrected chi connectivity index (χ3v) is 17.6. The van der Waals surface area contributed by atoms with Crippen LogP contribution in [0.2, 0.25) is 0 Å². The minimum Gasteiger partial charge on any atom is -0.378 e. The normalized spacial score (nSPS) is 35.7. The standard InChI is InChI=1S/C42H65N9O10S2/c1-48(21-37(54)49-18-24(19-49)22-61-29-6-7-30-31(16-29)41(58)51(40(30)57)33-8-9-35(52)46-39(33)56)34-15-26(10-12-43-34)25-4-3-5-27(14-25)32-23-62-42(45-32)47-36(53)17-44-38(55)28-11-13-50(20-28)63(2,59)60/h24-34,42-43,45H,3-23H2,1-2H3,(H,44,55)(H,47,53)(H,46,52,56). The number of carbonyl (C=O) groups is 7. The van der Waals surface area contributed by atoms with Gasteiger partial charge in [-0.2, -0.15) is 0 Å². The Kier molecular flexibility index (Phi) is 14.5. The molecule has 2 aliphatic carbocycles. The molecule has 8 rings (SSSR count). The van der Waals surface area contributed by atoms with Crippen molar-refractivity contribution in [3.8, 4) is 0 Å². The number of imide groups is 2. The topological polar surface area (TPSA) is 236 Å². The molecule has 5 N–H and O–H groups in total. The number of carbonyl (C=O) groups excluding carboxylic acids is 7. The van der Waals surface area contributed by atoms with Crippen LogP contribution in [0, 0.1) is 41.4 Å². The van der Waals surface area contributed by atoms with Crippen molar-refractivity contribution in [2.45, 2.75) is 107 Å². The summed E-state index contributed by atoms with van der Waals surface area (Å²) >= 11 is 1.68. The molecule has 2 saturated carbocycles. The summed E-state index contributed by atoms with van der Waals surface area (Å²) in [5.74, 6) is -0.736. The number of likely N-dealkylation sites (tertiary alicyclic amines) is 2. The highest BCUT2D eigenvalue weighted by Gasteiger charge is 2.54. The predicted molar refractivity (Wildman–Crippen MR) is 230 cm³/mol. The average molecular weight is 920 g/mol. The molecule has 6 heterocycles. The van der Waals surface area contributed by atoms with Crippen LogP contribution in [0.25, 0.3) is 0 Å². The summed E-state index contributed by atoms with van der Waals surface area (Å²) in [4.78, 5) is 94.4. The minimum absolute atomic E-state index is 0.100. The van der Waals surface area contributed by atoms with Gasteiger partial charge in [0.25, 0.3) is 0 Å².